The van der Waals surface area contributed by atoms with Crippen molar-refractivity contribution in [3.63, 3.8) is 0 Å². The van der Waals surface area contributed by atoms with Gasteiger partial charge in [-0.15, -0.1) is 0 Å². The summed E-state index contributed by atoms with van der Waals surface area (Å²) in [5.41, 5.74) is 2.79. The summed E-state index contributed by atoms with van der Waals surface area (Å²) in [6.07, 6.45) is 8.35. The molecule has 1 aliphatic carbocycles. The fourth-order valence-electron chi connectivity index (χ4n) is 3.35. The normalized spacial score (nSPS) is 23.9. The lowest BCUT2D eigenvalue weighted by Gasteiger charge is -2.29. The molecule has 1 saturated carbocycles. The number of hydrogen-bond donors (Lipinski definition) is 0. The van der Waals surface area contributed by atoms with Crippen LogP contribution in [0.2, 0.25) is 0 Å². The van der Waals surface area contributed by atoms with Crippen molar-refractivity contribution >= 4 is 0 Å². The number of hydrogen-bond acceptors (Lipinski definition) is 1. The van der Waals surface area contributed by atoms with Crippen molar-refractivity contribution in [1.29, 1.82) is 0 Å². The predicted molar refractivity (Wildman–Crippen MR) is 77.3 cm³/mol. The molecular weight excluding hydrogens is 220 g/mol. The monoisotopic (exact) mass is 246 g/mol. The molecular formula is C17H26O. The Morgan fingerprint density at radius 2 is 1.89 bits per heavy atom. The molecule has 18 heavy (non-hydrogen) atoms. The SMILES string of the molecule is CCCC1CCC(c2ccc(OC)c(C)c2)CC1. The average Bonchev–Trinajstić information content (AvgIpc) is 2.40. The smallest absolute Gasteiger partial charge is 0.121 e. The quantitative estimate of drug-likeness (QED) is 0.720. The zero-order chi connectivity index (χ0) is 13.0. The Morgan fingerprint density at radius 1 is 1.17 bits per heavy atom. The van der Waals surface area contributed by atoms with Gasteiger partial charge in [-0.1, -0.05) is 31.9 Å². The topological polar surface area (TPSA) is 9.23 Å². The van der Waals surface area contributed by atoms with Gasteiger partial charge in [0.05, 0.1) is 7.11 Å². The van der Waals surface area contributed by atoms with E-state index in [2.05, 4.69) is 32.0 Å². The molecule has 0 aromatic heterocycles. The van der Waals surface area contributed by atoms with Gasteiger partial charge in [-0.2, -0.15) is 0 Å². The van der Waals surface area contributed by atoms with Crippen LogP contribution in [0.4, 0.5) is 0 Å². The summed E-state index contributed by atoms with van der Waals surface area (Å²) in [4.78, 5) is 0. The molecule has 1 aromatic carbocycles. The van der Waals surface area contributed by atoms with Crippen LogP contribution in [0, 0.1) is 12.8 Å². The van der Waals surface area contributed by atoms with Gasteiger partial charge in [0.1, 0.15) is 5.75 Å². The van der Waals surface area contributed by atoms with Crippen LogP contribution in [-0.2, 0) is 0 Å². The molecule has 1 aromatic rings. The standard InChI is InChI=1S/C17H26O/c1-4-5-14-6-8-15(9-7-14)16-10-11-17(18-3)13(2)12-16/h10-12,14-15H,4-9H2,1-3H3. The Labute approximate surface area is 112 Å². The highest BCUT2D eigenvalue weighted by atomic mass is 16.5. The van der Waals surface area contributed by atoms with Crippen LogP contribution in [0.1, 0.15) is 62.5 Å². The first-order chi connectivity index (χ1) is 8.74. The van der Waals surface area contributed by atoms with Crippen molar-refractivity contribution in [3.05, 3.63) is 29.3 Å². The van der Waals surface area contributed by atoms with Crippen LogP contribution < -0.4 is 4.74 Å². The van der Waals surface area contributed by atoms with Gasteiger partial charge >= 0.3 is 0 Å². The Balaban J connectivity index is 1.99. The maximum atomic E-state index is 5.34. The maximum Gasteiger partial charge on any atom is 0.121 e. The van der Waals surface area contributed by atoms with Gasteiger partial charge in [0.25, 0.3) is 0 Å². The van der Waals surface area contributed by atoms with Crippen LogP contribution in [0.25, 0.3) is 0 Å². The van der Waals surface area contributed by atoms with Crippen LogP contribution in [0.5, 0.6) is 5.75 Å². The van der Waals surface area contributed by atoms with E-state index in [0.29, 0.717) is 0 Å². The molecule has 0 heterocycles. The summed E-state index contributed by atoms with van der Waals surface area (Å²) in [5, 5.41) is 0. The molecule has 1 heteroatoms. The number of rotatable bonds is 4. The fraction of sp³-hybridized carbons (Fsp3) is 0.647. The Kier molecular flexibility index (Phi) is 4.68. The predicted octanol–water partition coefficient (Wildman–Crippen LogP) is 5.08. The van der Waals surface area contributed by atoms with E-state index in [4.69, 9.17) is 4.74 Å². The minimum absolute atomic E-state index is 0.780. The molecule has 0 aliphatic heterocycles. The third kappa shape index (κ3) is 3.07. The molecule has 0 amide bonds. The third-order valence-corrected chi connectivity index (χ3v) is 4.43. The third-order valence-electron chi connectivity index (χ3n) is 4.43. The molecule has 1 aliphatic rings. The Hall–Kier alpha value is -0.980. The maximum absolute atomic E-state index is 5.34. The van der Waals surface area contributed by atoms with Crippen molar-refractivity contribution < 1.29 is 4.74 Å². The first-order valence-corrected chi connectivity index (χ1v) is 7.39. The van der Waals surface area contributed by atoms with Gasteiger partial charge in [-0.25, -0.2) is 0 Å². The van der Waals surface area contributed by atoms with E-state index in [-0.39, 0.29) is 0 Å². The molecule has 0 unspecified atom stereocenters. The van der Waals surface area contributed by atoms with E-state index in [1.54, 1.807) is 7.11 Å². The van der Waals surface area contributed by atoms with E-state index in [1.807, 2.05) is 0 Å². The van der Waals surface area contributed by atoms with Crippen LogP contribution in [-0.4, -0.2) is 7.11 Å². The van der Waals surface area contributed by atoms with E-state index in [1.165, 1.54) is 49.7 Å². The van der Waals surface area contributed by atoms with Crippen molar-refractivity contribution in [2.24, 2.45) is 5.92 Å². The zero-order valence-corrected chi connectivity index (χ0v) is 12.0. The fourth-order valence-corrected chi connectivity index (χ4v) is 3.35. The molecule has 1 nitrogen and oxygen atoms in total. The second-order valence-corrected chi connectivity index (χ2v) is 5.74. The second kappa shape index (κ2) is 6.26. The zero-order valence-electron chi connectivity index (χ0n) is 12.0. The van der Waals surface area contributed by atoms with Gasteiger partial charge in [0.15, 0.2) is 0 Å². The second-order valence-electron chi connectivity index (χ2n) is 5.74. The number of aryl methyl sites for hydroxylation is 1. The molecule has 1 fully saturated rings. The molecule has 0 atom stereocenters. The van der Waals surface area contributed by atoms with Crippen LogP contribution in [0.3, 0.4) is 0 Å². The highest BCUT2D eigenvalue weighted by molar-refractivity contribution is 5.37. The van der Waals surface area contributed by atoms with Crippen molar-refractivity contribution in [3.8, 4) is 5.75 Å². The van der Waals surface area contributed by atoms with Gasteiger partial charge in [-0.05, 0) is 61.6 Å². The minimum atomic E-state index is 0.780. The van der Waals surface area contributed by atoms with Gasteiger partial charge in [0, 0.05) is 0 Å². The molecule has 0 N–H and O–H groups in total. The van der Waals surface area contributed by atoms with Crippen molar-refractivity contribution in [2.75, 3.05) is 7.11 Å². The summed E-state index contributed by atoms with van der Waals surface area (Å²) in [7, 11) is 1.75. The summed E-state index contributed by atoms with van der Waals surface area (Å²) < 4.78 is 5.34. The first kappa shape index (κ1) is 13.5. The van der Waals surface area contributed by atoms with Gasteiger partial charge in [0.2, 0.25) is 0 Å². The summed E-state index contributed by atoms with van der Waals surface area (Å²) >= 11 is 0. The molecule has 100 valence electrons. The molecule has 2 rings (SSSR count). The lowest BCUT2D eigenvalue weighted by atomic mass is 9.77. The lowest BCUT2D eigenvalue weighted by molar-refractivity contribution is 0.308. The largest absolute Gasteiger partial charge is 0.496 e. The first-order valence-electron chi connectivity index (χ1n) is 7.39. The number of ether oxygens (including phenoxy) is 1. The Morgan fingerprint density at radius 3 is 2.44 bits per heavy atom. The number of methoxy groups -OCH3 is 1. The highest BCUT2D eigenvalue weighted by Gasteiger charge is 2.22. The molecule has 0 saturated heterocycles. The van der Waals surface area contributed by atoms with Crippen molar-refractivity contribution in [2.45, 2.75) is 58.3 Å². The minimum Gasteiger partial charge on any atom is -0.496 e. The highest BCUT2D eigenvalue weighted by Crippen LogP contribution is 2.38. The summed E-state index contributed by atoms with van der Waals surface area (Å²) in [6.45, 7) is 4.45. The van der Waals surface area contributed by atoms with Crippen LogP contribution in [0.15, 0.2) is 18.2 Å². The van der Waals surface area contributed by atoms with E-state index < -0.39 is 0 Å². The summed E-state index contributed by atoms with van der Waals surface area (Å²) in [6, 6.07) is 6.71. The lowest BCUT2D eigenvalue weighted by Crippen LogP contribution is -2.13. The molecule has 0 radical (unpaired) electrons. The van der Waals surface area contributed by atoms with Gasteiger partial charge < -0.3 is 4.74 Å². The number of benzene rings is 1. The summed E-state index contributed by atoms with van der Waals surface area (Å²) in [5.74, 6) is 2.78. The van der Waals surface area contributed by atoms with E-state index >= 15 is 0 Å². The van der Waals surface area contributed by atoms with Gasteiger partial charge in [-0.3, -0.25) is 0 Å². The molecule has 0 bridgehead atoms. The van der Waals surface area contributed by atoms with E-state index in [9.17, 15) is 0 Å². The van der Waals surface area contributed by atoms with Crippen molar-refractivity contribution in [1.82, 2.24) is 0 Å². The Bertz CT molecular complexity index is 375. The van der Waals surface area contributed by atoms with Crippen LogP contribution >= 0.6 is 0 Å². The molecule has 0 spiro atoms. The average molecular weight is 246 g/mol. The van der Waals surface area contributed by atoms with E-state index in [0.717, 1.165) is 17.6 Å².